The highest BCUT2D eigenvalue weighted by Gasteiger charge is 2.05. The summed E-state index contributed by atoms with van der Waals surface area (Å²) in [6, 6.07) is 8.26. The average molecular weight is 327 g/mol. The summed E-state index contributed by atoms with van der Waals surface area (Å²) >= 11 is 0. The molecule has 134 valence electrons. The number of hydrogen-bond acceptors (Lipinski definition) is 5. The van der Waals surface area contributed by atoms with Crippen LogP contribution in [-0.2, 0) is 11.2 Å². The van der Waals surface area contributed by atoms with Gasteiger partial charge in [0, 0.05) is 25.8 Å². The number of ether oxygens (including phenoxy) is 2. The number of methoxy groups -OCH3 is 1. The predicted molar refractivity (Wildman–Crippen MR) is 94.0 cm³/mol. The Bertz CT molecular complexity index is 376. The quantitative estimate of drug-likeness (QED) is 0.647. The molecule has 23 heavy (non-hydrogen) atoms. The smallest absolute Gasteiger partial charge is 0.119 e. The molecular weight excluding hydrogens is 294 g/mol. The molecule has 0 aliphatic heterocycles. The van der Waals surface area contributed by atoms with Gasteiger partial charge in [-0.15, -0.1) is 0 Å². The van der Waals surface area contributed by atoms with Crippen molar-refractivity contribution < 1.29 is 19.7 Å². The molecule has 1 rings (SSSR count). The van der Waals surface area contributed by atoms with Crippen molar-refractivity contribution in [3.8, 4) is 5.75 Å². The lowest BCUT2D eigenvalue weighted by atomic mass is 10.1. The molecule has 0 unspecified atom stereocenters. The molecule has 1 aromatic rings. The third-order valence-electron chi connectivity index (χ3n) is 2.72. The van der Waals surface area contributed by atoms with Gasteiger partial charge in [-0.3, -0.25) is 0 Å². The van der Waals surface area contributed by atoms with Crippen molar-refractivity contribution in [2.45, 2.75) is 52.4 Å². The predicted octanol–water partition coefficient (Wildman–Crippen LogP) is 2.00. The lowest BCUT2D eigenvalue weighted by Crippen LogP contribution is -2.35. The number of hydrogen-bond donors (Lipinski definition) is 3. The van der Waals surface area contributed by atoms with E-state index in [-0.39, 0.29) is 6.10 Å². The molecule has 0 spiro atoms. The van der Waals surface area contributed by atoms with Crippen LogP contribution in [0.25, 0.3) is 0 Å². The number of nitrogens with one attached hydrogen (secondary N) is 1. The summed E-state index contributed by atoms with van der Waals surface area (Å²) in [4.78, 5) is 0. The second kappa shape index (κ2) is 13.3. The third kappa shape index (κ3) is 14.2. The molecule has 0 aromatic heterocycles. The summed E-state index contributed by atoms with van der Waals surface area (Å²) < 4.78 is 10.6. The molecule has 0 aliphatic rings. The molecular formula is C18H33NO4. The highest BCUT2D eigenvalue weighted by Crippen LogP contribution is 2.12. The van der Waals surface area contributed by atoms with Crippen LogP contribution in [0.3, 0.4) is 0 Å². The van der Waals surface area contributed by atoms with Crippen molar-refractivity contribution >= 4 is 0 Å². The fraction of sp³-hybridized carbons (Fsp3) is 0.667. The Kier molecular flexibility index (Phi) is 12.7. The van der Waals surface area contributed by atoms with Crippen LogP contribution in [0.4, 0.5) is 0 Å². The second-order valence-corrected chi connectivity index (χ2v) is 6.01. The van der Waals surface area contributed by atoms with Gasteiger partial charge in [-0.25, -0.2) is 0 Å². The minimum absolute atomic E-state index is 0.167. The van der Waals surface area contributed by atoms with Crippen molar-refractivity contribution in [2.24, 2.45) is 0 Å². The zero-order chi connectivity index (χ0) is 17.7. The number of aliphatic hydroxyl groups excluding tert-OH is 2. The molecule has 0 radical (unpaired) electrons. The first-order valence-corrected chi connectivity index (χ1v) is 8.15. The Hall–Kier alpha value is -1.14. The number of aliphatic hydroxyl groups is 2. The van der Waals surface area contributed by atoms with E-state index >= 15 is 0 Å². The first kappa shape index (κ1) is 21.9. The van der Waals surface area contributed by atoms with Crippen LogP contribution < -0.4 is 10.1 Å². The average Bonchev–Trinajstić information content (AvgIpc) is 2.49. The standard InChI is InChI=1S/C15H25NO3.C3H8O/c1-12(2)16-10-14(17)11-19-15-6-4-13(5-7-15)8-9-18-3;1-3(2)4/h4-7,12,14,16-17H,8-11H2,1-3H3;3-4H,1-2H3/t14-;/m0./s1. The van der Waals surface area contributed by atoms with E-state index in [1.54, 1.807) is 21.0 Å². The van der Waals surface area contributed by atoms with Crippen molar-refractivity contribution in [1.82, 2.24) is 5.32 Å². The fourth-order valence-electron chi connectivity index (χ4n) is 1.60. The van der Waals surface area contributed by atoms with Gasteiger partial charge in [-0.2, -0.15) is 0 Å². The molecule has 0 amide bonds. The topological polar surface area (TPSA) is 71.0 Å². The van der Waals surface area contributed by atoms with Gasteiger partial charge in [-0.05, 0) is 38.0 Å². The minimum atomic E-state index is -0.490. The van der Waals surface area contributed by atoms with E-state index in [1.165, 1.54) is 5.56 Å². The van der Waals surface area contributed by atoms with Crippen LogP contribution in [-0.4, -0.2) is 55.3 Å². The van der Waals surface area contributed by atoms with Crippen LogP contribution in [0.5, 0.6) is 5.75 Å². The highest BCUT2D eigenvalue weighted by molar-refractivity contribution is 5.27. The molecule has 1 aromatic carbocycles. The lowest BCUT2D eigenvalue weighted by Gasteiger charge is -2.15. The summed E-state index contributed by atoms with van der Waals surface area (Å²) in [6.07, 6.45) is 0.244. The van der Waals surface area contributed by atoms with Gasteiger partial charge in [0.25, 0.3) is 0 Å². The summed E-state index contributed by atoms with van der Waals surface area (Å²) in [5.74, 6) is 0.782. The van der Waals surface area contributed by atoms with Gasteiger partial charge >= 0.3 is 0 Å². The lowest BCUT2D eigenvalue weighted by molar-refractivity contribution is 0.104. The maximum atomic E-state index is 9.73. The molecule has 1 atom stereocenters. The van der Waals surface area contributed by atoms with Crippen LogP contribution >= 0.6 is 0 Å². The molecule has 0 aliphatic carbocycles. The van der Waals surface area contributed by atoms with Gasteiger partial charge < -0.3 is 25.0 Å². The molecule has 5 heteroatoms. The van der Waals surface area contributed by atoms with Gasteiger partial charge in [-0.1, -0.05) is 26.0 Å². The minimum Gasteiger partial charge on any atom is -0.491 e. The fourth-order valence-corrected chi connectivity index (χ4v) is 1.60. The van der Waals surface area contributed by atoms with Crippen LogP contribution in [0.15, 0.2) is 24.3 Å². The summed E-state index contributed by atoms with van der Waals surface area (Å²) in [6.45, 7) is 9.11. The first-order chi connectivity index (χ1) is 10.8. The van der Waals surface area contributed by atoms with E-state index in [0.29, 0.717) is 19.2 Å². The van der Waals surface area contributed by atoms with E-state index in [9.17, 15) is 5.11 Å². The molecule has 0 bridgehead atoms. The maximum absolute atomic E-state index is 9.73. The number of benzene rings is 1. The maximum Gasteiger partial charge on any atom is 0.119 e. The van der Waals surface area contributed by atoms with E-state index in [4.69, 9.17) is 14.6 Å². The molecule has 5 nitrogen and oxygen atoms in total. The first-order valence-electron chi connectivity index (χ1n) is 8.15. The third-order valence-corrected chi connectivity index (χ3v) is 2.72. The molecule has 3 N–H and O–H groups in total. The molecule has 0 heterocycles. The Morgan fingerprint density at radius 3 is 2.09 bits per heavy atom. The normalized spacial score (nSPS) is 12.0. The van der Waals surface area contributed by atoms with Gasteiger partial charge in [0.1, 0.15) is 18.5 Å². The van der Waals surface area contributed by atoms with E-state index < -0.39 is 6.10 Å². The van der Waals surface area contributed by atoms with Gasteiger partial charge in [0.05, 0.1) is 6.61 Å². The Labute approximate surface area is 140 Å². The second-order valence-electron chi connectivity index (χ2n) is 6.01. The molecule has 0 saturated heterocycles. The van der Waals surface area contributed by atoms with E-state index in [0.717, 1.165) is 18.8 Å². The summed E-state index contributed by atoms with van der Waals surface area (Å²) in [5, 5.41) is 21.0. The van der Waals surface area contributed by atoms with Crippen molar-refractivity contribution in [3.05, 3.63) is 29.8 Å². The summed E-state index contributed by atoms with van der Waals surface area (Å²) in [5.41, 5.74) is 1.22. The van der Waals surface area contributed by atoms with Crippen molar-refractivity contribution in [3.63, 3.8) is 0 Å². The van der Waals surface area contributed by atoms with Crippen LogP contribution in [0, 0.1) is 0 Å². The van der Waals surface area contributed by atoms with Crippen LogP contribution in [0.2, 0.25) is 0 Å². The van der Waals surface area contributed by atoms with Crippen molar-refractivity contribution in [2.75, 3.05) is 26.9 Å². The van der Waals surface area contributed by atoms with E-state index in [1.807, 2.05) is 38.1 Å². The monoisotopic (exact) mass is 327 g/mol. The molecule has 0 fully saturated rings. The SMILES string of the molecule is CC(C)O.COCCc1ccc(OC[C@@H](O)CNC(C)C)cc1. The summed E-state index contributed by atoms with van der Waals surface area (Å²) in [7, 11) is 1.70. The van der Waals surface area contributed by atoms with Crippen molar-refractivity contribution in [1.29, 1.82) is 0 Å². The van der Waals surface area contributed by atoms with Crippen LogP contribution in [0.1, 0.15) is 33.3 Å². The van der Waals surface area contributed by atoms with E-state index in [2.05, 4.69) is 5.32 Å². The highest BCUT2D eigenvalue weighted by atomic mass is 16.5. The Balaban J connectivity index is 0.00000108. The van der Waals surface area contributed by atoms with Gasteiger partial charge in [0.15, 0.2) is 0 Å². The zero-order valence-electron chi connectivity index (χ0n) is 15.1. The molecule has 0 saturated carbocycles. The zero-order valence-corrected chi connectivity index (χ0v) is 15.1. The Morgan fingerprint density at radius 1 is 1.04 bits per heavy atom. The Morgan fingerprint density at radius 2 is 1.61 bits per heavy atom. The number of rotatable bonds is 9. The van der Waals surface area contributed by atoms with Gasteiger partial charge in [0.2, 0.25) is 0 Å². The largest absolute Gasteiger partial charge is 0.491 e.